The van der Waals surface area contributed by atoms with Crippen molar-refractivity contribution in [3.8, 4) is 39.1 Å². The fraction of sp³-hybridized carbons (Fsp3) is 0. The van der Waals surface area contributed by atoms with Crippen LogP contribution in [-0.4, -0.2) is 4.57 Å². The van der Waals surface area contributed by atoms with Crippen LogP contribution in [0.25, 0.3) is 91.8 Å². The van der Waals surface area contributed by atoms with Crippen LogP contribution in [0.15, 0.2) is 231 Å². The smallest absolute Gasteiger partial charge is 0.0547 e. The lowest BCUT2D eigenvalue weighted by atomic mass is 10.0. The molecular formula is C58H38N2S. The van der Waals surface area contributed by atoms with Crippen molar-refractivity contribution in [1.82, 2.24) is 4.57 Å². The van der Waals surface area contributed by atoms with Gasteiger partial charge in [0.25, 0.3) is 0 Å². The second kappa shape index (κ2) is 14.5. The highest BCUT2D eigenvalue weighted by Gasteiger charge is 2.17. The van der Waals surface area contributed by atoms with Crippen LogP contribution in [0.3, 0.4) is 0 Å². The minimum Gasteiger partial charge on any atom is -0.311 e. The lowest BCUT2D eigenvalue weighted by Gasteiger charge is -2.26. The highest BCUT2D eigenvalue weighted by Crippen LogP contribution is 2.42. The number of nitrogens with zero attached hydrogens (tertiary/aromatic N) is 2. The van der Waals surface area contributed by atoms with Gasteiger partial charge in [0.2, 0.25) is 0 Å². The van der Waals surface area contributed by atoms with Crippen LogP contribution >= 0.6 is 11.3 Å². The number of rotatable bonds is 7. The summed E-state index contributed by atoms with van der Waals surface area (Å²) in [5.41, 5.74) is 14.2. The quantitative estimate of drug-likeness (QED) is 0.156. The summed E-state index contributed by atoms with van der Waals surface area (Å²) in [5, 5.41) is 7.76. The van der Waals surface area contributed by atoms with Crippen LogP contribution in [0.2, 0.25) is 0 Å². The molecule has 2 aromatic heterocycles. The summed E-state index contributed by atoms with van der Waals surface area (Å²) < 4.78 is 5.05. The third kappa shape index (κ3) is 6.01. The first-order chi connectivity index (χ1) is 30.2. The van der Waals surface area contributed by atoms with Crippen molar-refractivity contribution < 1.29 is 0 Å². The maximum atomic E-state index is 2.40. The second-order valence-electron chi connectivity index (χ2n) is 15.7. The average Bonchev–Trinajstić information content (AvgIpc) is 3.89. The predicted molar refractivity (Wildman–Crippen MR) is 262 cm³/mol. The van der Waals surface area contributed by atoms with Gasteiger partial charge in [-0.3, -0.25) is 0 Å². The van der Waals surface area contributed by atoms with Crippen molar-refractivity contribution >= 4 is 81.1 Å². The highest BCUT2D eigenvalue weighted by molar-refractivity contribution is 7.26. The molecule has 0 saturated carbocycles. The Morgan fingerprint density at radius 1 is 0.328 bits per heavy atom. The Hall–Kier alpha value is -7.72. The van der Waals surface area contributed by atoms with Gasteiger partial charge in [-0.2, -0.15) is 0 Å². The summed E-state index contributed by atoms with van der Waals surface area (Å²) in [4.78, 5) is 2.36. The molecular weight excluding hydrogens is 757 g/mol. The first-order valence-electron chi connectivity index (χ1n) is 20.8. The van der Waals surface area contributed by atoms with Gasteiger partial charge < -0.3 is 9.47 Å². The zero-order valence-electron chi connectivity index (χ0n) is 33.2. The second-order valence-corrected chi connectivity index (χ2v) is 16.8. The molecule has 3 heteroatoms. The number of anilines is 3. The van der Waals surface area contributed by atoms with Crippen molar-refractivity contribution in [2.24, 2.45) is 0 Å². The van der Waals surface area contributed by atoms with Crippen molar-refractivity contribution in [2.45, 2.75) is 0 Å². The summed E-state index contributed by atoms with van der Waals surface area (Å²) in [6, 6.07) is 84.0. The molecule has 0 aliphatic carbocycles. The fourth-order valence-corrected chi connectivity index (χ4v) is 10.5. The molecule has 286 valence electrons. The van der Waals surface area contributed by atoms with Gasteiger partial charge in [-0.05, 0) is 111 Å². The molecule has 10 aromatic carbocycles. The molecule has 0 saturated heterocycles. The van der Waals surface area contributed by atoms with Gasteiger partial charge >= 0.3 is 0 Å². The van der Waals surface area contributed by atoms with E-state index in [9.17, 15) is 0 Å². The summed E-state index contributed by atoms with van der Waals surface area (Å²) in [6.45, 7) is 0. The van der Waals surface area contributed by atoms with E-state index in [1.807, 2.05) is 11.3 Å². The monoisotopic (exact) mass is 794 g/mol. The molecule has 0 aliphatic rings. The fourth-order valence-electron chi connectivity index (χ4n) is 9.27. The first-order valence-corrected chi connectivity index (χ1v) is 21.6. The Morgan fingerprint density at radius 2 is 0.852 bits per heavy atom. The van der Waals surface area contributed by atoms with Gasteiger partial charge in [-0.15, -0.1) is 11.3 Å². The minimum absolute atomic E-state index is 1.10. The van der Waals surface area contributed by atoms with Crippen LogP contribution in [0.1, 0.15) is 0 Å². The Balaban J connectivity index is 0.900. The first kappa shape index (κ1) is 35.2. The number of aromatic nitrogens is 1. The topological polar surface area (TPSA) is 8.17 Å². The third-order valence-corrected chi connectivity index (χ3v) is 13.4. The molecule has 0 N–H and O–H groups in total. The molecule has 2 heterocycles. The van der Waals surface area contributed by atoms with Crippen molar-refractivity contribution in [1.29, 1.82) is 0 Å². The van der Waals surface area contributed by atoms with Crippen LogP contribution in [0, 0.1) is 0 Å². The van der Waals surface area contributed by atoms with Crippen LogP contribution in [0.5, 0.6) is 0 Å². The molecule has 0 aliphatic heterocycles. The number of thiophene rings is 1. The van der Waals surface area contributed by atoms with E-state index < -0.39 is 0 Å². The molecule has 2 nitrogen and oxygen atoms in total. The molecule has 0 spiro atoms. The molecule has 0 fully saturated rings. The molecule has 12 aromatic rings. The van der Waals surface area contributed by atoms with E-state index in [1.165, 1.54) is 86.1 Å². The van der Waals surface area contributed by atoms with Gasteiger partial charge in [0.15, 0.2) is 0 Å². The van der Waals surface area contributed by atoms with Gasteiger partial charge in [0, 0.05) is 53.7 Å². The Kier molecular flexibility index (Phi) is 8.39. The van der Waals surface area contributed by atoms with Gasteiger partial charge in [0.1, 0.15) is 0 Å². The molecule has 12 rings (SSSR count). The van der Waals surface area contributed by atoms with Gasteiger partial charge in [0.05, 0.1) is 11.0 Å². The SMILES string of the molecule is c1ccc(-c2ccc(N(c3ccc(-c4ccc(-n5c6ccccc6c6c7ccccc7ccc65)cc4)cc3)c3ccc(-c4cccc5c4sc4ccccc45)cc3)cc2)cc1. The number of fused-ring (bicyclic) bond motifs is 8. The number of benzene rings is 10. The van der Waals surface area contributed by atoms with E-state index in [-0.39, 0.29) is 0 Å². The predicted octanol–water partition coefficient (Wildman–Crippen LogP) is 16.8. The van der Waals surface area contributed by atoms with Gasteiger partial charge in [-0.25, -0.2) is 0 Å². The zero-order chi connectivity index (χ0) is 40.3. The zero-order valence-corrected chi connectivity index (χ0v) is 34.1. The highest BCUT2D eigenvalue weighted by atomic mass is 32.1. The number of hydrogen-bond acceptors (Lipinski definition) is 2. The van der Waals surface area contributed by atoms with Crippen molar-refractivity contribution in [3.05, 3.63) is 231 Å². The maximum Gasteiger partial charge on any atom is 0.0547 e. The molecule has 0 radical (unpaired) electrons. The average molecular weight is 795 g/mol. The lowest BCUT2D eigenvalue weighted by Crippen LogP contribution is -2.09. The standard InChI is InChI=1S/C58H38N2S/c1-2-11-39(12-3-1)40-21-30-45(31-22-40)59(47-36-27-44(28-37-47)50-17-10-18-52-51-15-7-9-20-56(51)61-58(50)52)46-32-23-41(24-33-46)42-25-34-48(35-26-42)60-54-19-8-6-16-53(54)57-49-14-5-4-13-43(49)29-38-55(57)60/h1-38H. The minimum atomic E-state index is 1.10. The Morgan fingerprint density at radius 3 is 1.54 bits per heavy atom. The maximum absolute atomic E-state index is 2.40. The van der Waals surface area contributed by atoms with Gasteiger partial charge in [-0.1, -0.05) is 164 Å². The molecule has 61 heavy (non-hydrogen) atoms. The Labute approximate surface area is 358 Å². The Bertz CT molecular complexity index is 3540. The summed E-state index contributed by atoms with van der Waals surface area (Å²) in [6.07, 6.45) is 0. The third-order valence-electron chi connectivity index (χ3n) is 12.2. The van der Waals surface area contributed by atoms with Crippen molar-refractivity contribution in [2.75, 3.05) is 4.90 Å². The van der Waals surface area contributed by atoms with E-state index >= 15 is 0 Å². The van der Waals surface area contributed by atoms with E-state index in [0.29, 0.717) is 0 Å². The number of para-hydroxylation sites is 1. The van der Waals surface area contributed by atoms with Crippen LogP contribution in [0.4, 0.5) is 17.1 Å². The van der Waals surface area contributed by atoms with E-state index in [0.717, 1.165) is 22.7 Å². The molecule has 0 atom stereocenters. The lowest BCUT2D eigenvalue weighted by molar-refractivity contribution is 1.18. The van der Waals surface area contributed by atoms with Crippen molar-refractivity contribution in [3.63, 3.8) is 0 Å². The molecule has 0 amide bonds. The molecule has 0 unspecified atom stereocenters. The van der Waals surface area contributed by atoms with E-state index in [2.05, 4.69) is 240 Å². The molecule has 0 bridgehead atoms. The largest absolute Gasteiger partial charge is 0.311 e. The van der Waals surface area contributed by atoms with Crippen LogP contribution in [-0.2, 0) is 0 Å². The van der Waals surface area contributed by atoms with E-state index in [4.69, 9.17) is 0 Å². The normalized spacial score (nSPS) is 11.6. The van der Waals surface area contributed by atoms with E-state index in [1.54, 1.807) is 0 Å². The number of hydrogen-bond donors (Lipinski definition) is 0. The van der Waals surface area contributed by atoms with Crippen LogP contribution < -0.4 is 4.90 Å². The summed E-state index contributed by atoms with van der Waals surface area (Å²) in [7, 11) is 0. The summed E-state index contributed by atoms with van der Waals surface area (Å²) in [5.74, 6) is 0. The summed E-state index contributed by atoms with van der Waals surface area (Å²) >= 11 is 1.88.